The van der Waals surface area contributed by atoms with Crippen LogP contribution in [0.2, 0.25) is 0 Å². The molecule has 1 aliphatic rings. The van der Waals surface area contributed by atoms with E-state index in [1.807, 2.05) is 30.3 Å². The summed E-state index contributed by atoms with van der Waals surface area (Å²) >= 11 is 0. The summed E-state index contributed by atoms with van der Waals surface area (Å²) in [5.41, 5.74) is 0.938. The molecule has 1 aromatic rings. The van der Waals surface area contributed by atoms with Crippen molar-refractivity contribution in [2.45, 2.75) is 64.0 Å². The average Bonchev–Trinajstić information content (AvgIpc) is 2.62. The lowest BCUT2D eigenvalue weighted by atomic mass is 9.98. The molecule has 5 nitrogen and oxygen atoms in total. The van der Waals surface area contributed by atoms with E-state index in [-0.39, 0.29) is 24.3 Å². The second kappa shape index (κ2) is 10.9. The molecule has 0 radical (unpaired) electrons. The van der Waals surface area contributed by atoms with Gasteiger partial charge in [-0.2, -0.15) is 0 Å². The third kappa shape index (κ3) is 7.69. The summed E-state index contributed by atoms with van der Waals surface area (Å²) in [6.45, 7) is 2.77. The van der Waals surface area contributed by atoms with Crippen molar-refractivity contribution >= 4 is 11.8 Å². The van der Waals surface area contributed by atoms with Crippen molar-refractivity contribution in [3.05, 3.63) is 35.9 Å². The lowest BCUT2D eigenvalue weighted by molar-refractivity contribution is -0.122. The minimum atomic E-state index is -0.294. The smallest absolute Gasteiger partial charge is 0.222 e. The third-order valence-electron chi connectivity index (χ3n) is 4.52. The van der Waals surface area contributed by atoms with Gasteiger partial charge >= 0.3 is 0 Å². The van der Waals surface area contributed by atoms with Gasteiger partial charge in [-0.05, 0) is 24.8 Å². The quantitative estimate of drug-likeness (QED) is 0.675. The van der Waals surface area contributed by atoms with Gasteiger partial charge < -0.3 is 15.4 Å². The highest BCUT2D eigenvalue weighted by molar-refractivity contribution is 5.79. The maximum absolute atomic E-state index is 12.2. The summed E-state index contributed by atoms with van der Waals surface area (Å²) in [5, 5.41) is 5.77. The molecule has 25 heavy (non-hydrogen) atoms. The number of amides is 2. The van der Waals surface area contributed by atoms with Crippen LogP contribution < -0.4 is 10.6 Å². The molecule has 0 heterocycles. The fraction of sp³-hybridized carbons (Fsp3) is 0.600. The van der Waals surface area contributed by atoms with Crippen LogP contribution >= 0.6 is 0 Å². The van der Waals surface area contributed by atoms with Gasteiger partial charge in [-0.1, -0.05) is 49.6 Å². The lowest BCUT2D eigenvalue weighted by Gasteiger charge is -2.22. The Labute approximate surface area is 150 Å². The number of nitrogens with one attached hydrogen (secondary N) is 2. The molecule has 2 amide bonds. The first-order valence-corrected chi connectivity index (χ1v) is 9.35. The summed E-state index contributed by atoms with van der Waals surface area (Å²) < 4.78 is 5.86. The monoisotopic (exact) mass is 346 g/mol. The number of ether oxygens (including phenoxy) is 1. The first kappa shape index (κ1) is 19.4. The van der Waals surface area contributed by atoms with Gasteiger partial charge in [0.25, 0.3) is 0 Å². The van der Waals surface area contributed by atoms with Crippen molar-refractivity contribution in [2.24, 2.45) is 0 Å². The molecule has 138 valence electrons. The van der Waals surface area contributed by atoms with Gasteiger partial charge in [-0.25, -0.2) is 0 Å². The van der Waals surface area contributed by atoms with E-state index in [0.29, 0.717) is 19.3 Å². The van der Waals surface area contributed by atoms with E-state index in [1.54, 1.807) is 0 Å². The third-order valence-corrected chi connectivity index (χ3v) is 4.52. The van der Waals surface area contributed by atoms with Crippen molar-refractivity contribution in [3.63, 3.8) is 0 Å². The normalized spacial score (nSPS) is 16.2. The van der Waals surface area contributed by atoms with Crippen LogP contribution in [-0.2, 0) is 14.3 Å². The van der Waals surface area contributed by atoms with E-state index in [2.05, 4.69) is 10.6 Å². The molecular formula is C20H30N2O3. The van der Waals surface area contributed by atoms with Crippen molar-refractivity contribution in [3.8, 4) is 0 Å². The van der Waals surface area contributed by atoms with Crippen LogP contribution in [-0.4, -0.2) is 31.1 Å². The van der Waals surface area contributed by atoms with Gasteiger partial charge in [0.2, 0.25) is 11.8 Å². The number of hydrogen-bond acceptors (Lipinski definition) is 3. The molecule has 1 saturated carbocycles. The topological polar surface area (TPSA) is 67.4 Å². The summed E-state index contributed by atoms with van der Waals surface area (Å²) in [5.74, 6) is -0.192. The minimum absolute atomic E-state index is 0.0553. The zero-order chi connectivity index (χ0) is 17.9. The Hall–Kier alpha value is -1.88. The molecule has 1 aromatic carbocycles. The first-order chi connectivity index (χ1) is 12.1. The van der Waals surface area contributed by atoms with Crippen LogP contribution in [0.25, 0.3) is 0 Å². The van der Waals surface area contributed by atoms with Crippen LogP contribution in [0.15, 0.2) is 30.3 Å². The minimum Gasteiger partial charge on any atom is -0.378 e. The lowest BCUT2D eigenvalue weighted by Crippen LogP contribution is -2.33. The highest BCUT2D eigenvalue weighted by atomic mass is 16.5. The molecule has 0 aliphatic heterocycles. The SMILES string of the molecule is CC(=O)N[C@@H](CC(=O)NCCCOC1CCCCC1)c1ccccc1. The number of rotatable bonds is 9. The van der Waals surface area contributed by atoms with Crippen LogP contribution in [0.1, 0.15) is 63.5 Å². The summed E-state index contributed by atoms with van der Waals surface area (Å²) in [6, 6.07) is 9.28. The van der Waals surface area contributed by atoms with Crippen molar-refractivity contribution in [1.82, 2.24) is 10.6 Å². The fourth-order valence-corrected chi connectivity index (χ4v) is 3.22. The van der Waals surface area contributed by atoms with Gasteiger partial charge in [-0.3, -0.25) is 9.59 Å². The molecule has 0 saturated heterocycles. The highest BCUT2D eigenvalue weighted by Gasteiger charge is 2.17. The molecular weight excluding hydrogens is 316 g/mol. The molecule has 2 N–H and O–H groups in total. The van der Waals surface area contributed by atoms with Gasteiger partial charge in [0.05, 0.1) is 18.6 Å². The highest BCUT2D eigenvalue weighted by Crippen LogP contribution is 2.20. The molecule has 0 unspecified atom stereocenters. The van der Waals surface area contributed by atoms with E-state index < -0.39 is 0 Å². The van der Waals surface area contributed by atoms with Gasteiger partial charge in [-0.15, -0.1) is 0 Å². The Kier molecular flexibility index (Phi) is 8.46. The largest absolute Gasteiger partial charge is 0.378 e. The van der Waals surface area contributed by atoms with Crippen molar-refractivity contribution in [1.29, 1.82) is 0 Å². The molecule has 1 atom stereocenters. The van der Waals surface area contributed by atoms with E-state index in [1.165, 1.54) is 39.0 Å². The average molecular weight is 346 g/mol. The van der Waals surface area contributed by atoms with Crippen LogP contribution in [0.5, 0.6) is 0 Å². The Balaban J connectivity index is 1.67. The van der Waals surface area contributed by atoms with Gasteiger partial charge in [0, 0.05) is 20.1 Å². The van der Waals surface area contributed by atoms with Gasteiger partial charge in [0.1, 0.15) is 0 Å². The second-order valence-electron chi connectivity index (χ2n) is 6.70. The molecule has 1 aliphatic carbocycles. The maximum Gasteiger partial charge on any atom is 0.222 e. The van der Waals surface area contributed by atoms with E-state index in [0.717, 1.165) is 12.0 Å². The Bertz CT molecular complexity index is 527. The summed E-state index contributed by atoms with van der Waals surface area (Å²) in [4.78, 5) is 23.6. The zero-order valence-electron chi connectivity index (χ0n) is 15.1. The molecule has 1 fully saturated rings. The Morgan fingerprint density at radius 1 is 1.16 bits per heavy atom. The number of carbonyl (C=O) groups is 2. The number of carbonyl (C=O) groups excluding carboxylic acids is 2. The Morgan fingerprint density at radius 3 is 2.56 bits per heavy atom. The van der Waals surface area contributed by atoms with E-state index in [9.17, 15) is 9.59 Å². The van der Waals surface area contributed by atoms with E-state index >= 15 is 0 Å². The molecule has 2 rings (SSSR count). The predicted octanol–water partition coefficient (Wildman–Crippen LogP) is 3.11. The van der Waals surface area contributed by atoms with Crippen LogP contribution in [0, 0.1) is 0 Å². The number of benzene rings is 1. The van der Waals surface area contributed by atoms with E-state index in [4.69, 9.17) is 4.74 Å². The molecule has 0 spiro atoms. The van der Waals surface area contributed by atoms with Crippen LogP contribution in [0.4, 0.5) is 0 Å². The summed E-state index contributed by atoms with van der Waals surface area (Å²) in [6.07, 6.45) is 7.67. The molecule has 0 aromatic heterocycles. The second-order valence-corrected chi connectivity index (χ2v) is 6.70. The summed E-state index contributed by atoms with van der Waals surface area (Å²) in [7, 11) is 0. The first-order valence-electron chi connectivity index (χ1n) is 9.35. The number of hydrogen-bond donors (Lipinski definition) is 2. The predicted molar refractivity (Wildman–Crippen MR) is 98.1 cm³/mol. The van der Waals surface area contributed by atoms with Crippen LogP contribution in [0.3, 0.4) is 0 Å². The fourth-order valence-electron chi connectivity index (χ4n) is 3.22. The maximum atomic E-state index is 12.2. The van der Waals surface area contributed by atoms with Crippen molar-refractivity contribution in [2.75, 3.05) is 13.2 Å². The van der Waals surface area contributed by atoms with Gasteiger partial charge in [0.15, 0.2) is 0 Å². The van der Waals surface area contributed by atoms with Crippen molar-refractivity contribution < 1.29 is 14.3 Å². The zero-order valence-corrected chi connectivity index (χ0v) is 15.1. The standard InChI is InChI=1S/C20H30N2O3/c1-16(23)22-19(17-9-4-2-5-10-17)15-20(24)21-13-8-14-25-18-11-6-3-7-12-18/h2,4-5,9-10,18-19H,3,6-8,11-15H2,1H3,(H,21,24)(H,22,23)/t19-/m0/s1. The Morgan fingerprint density at radius 2 is 1.88 bits per heavy atom. The molecule has 0 bridgehead atoms. The molecule has 5 heteroatoms.